The molecule has 1 aromatic rings. The number of aromatic hydroxyl groups is 2. The van der Waals surface area contributed by atoms with Gasteiger partial charge >= 0.3 is 5.97 Å². The predicted octanol–water partition coefficient (Wildman–Crippen LogP) is 6.73. The van der Waals surface area contributed by atoms with E-state index < -0.39 is 5.97 Å². The van der Waals surface area contributed by atoms with Crippen LogP contribution in [0.4, 0.5) is 0 Å². The molecule has 1 aromatic carbocycles. The highest BCUT2D eigenvalue weighted by molar-refractivity contribution is 5.92. The lowest BCUT2D eigenvalue weighted by Crippen LogP contribution is -2.15. The fraction of sp³-hybridized carbons (Fsp3) is 0.696. The van der Waals surface area contributed by atoms with Crippen LogP contribution in [-0.4, -0.2) is 22.3 Å². The molecular formula is C23H38O4. The highest BCUT2D eigenvalue weighted by Gasteiger charge is 2.16. The summed E-state index contributed by atoms with van der Waals surface area (Å²) in [5.74, 6) is -0.821. The van der Waals surface area contributed by atoms with Crippen molar-refractivity contribution in [1.82, 2.24) is 0 Å². The van der Waals surface area contributed by atoms with Crippen molar-refractivity contribution in [2.45, 2.75) is 103 Å². The van der Waals surface area contributed by atoms with Crippen molar-refractivity contribution in [2.24, 2.45) is 0 Å². The van der Waals surface area contributed by atoms with Gasteiger partial charge in [-0.3, -0.25) is 0 Å². The summed E-state index contributed by atoms with van der Waals surface area (Å²) < 4.78 is 5.36. The number of esters is 1. The second-order valence-electron chi connectivity index (χ2n) is 7.60. The van der Waals surface area contributed by atoms with Gasteiger partial charge in [0, 0.05) is 0 Å². The molecule has 0 spiro atoms. The molecule has 0 saturated heterocycles. The fourth-order valence-corrected chi connectivity index (χ4v) is 3.27. The van der Waals surface area contributed by atoms with Gasteiger partial charge in [0.25, 0.3) is 0 Å². The van der Waals surface area contributed by atoms with E-state index in [1.807, 2.05) is 6.92 Å². The first-order valence-corrected chi connectivity index (χ1v) is 10.8. The molecule has 27 heavy (non-hydrogen) atoms. The van der Waals surface area contributed by atoms with Gasteiger partial charge in [-0.1, -0.05) is 77.6 Å². The largest absolute Gasteiger partial charge is 0.508 e. The summed E-state index contributed by atoms with van der Waals surface area (Å²) in [5, 5.41) is 19.1. The van der Waals surface area contributed by atoms with E-state index in [1.165, 1.54) is 82.4 Å². The van der Waals surface area contributed by atoms with Crippen LogP contribution in [0.3, 0.4) is 0 Å². The third-order valence-corrected chi connectivity index (χ3v) is 4.97. The summed E-state index contributed by atoms with van der Waals surface area (Å²) in [6, 6.07) is 3.86. The molecule has 1 atom stereocenters. The van der Waals surface area contributed by atoms with Crippen LogP contribution in [-0.2, 0) is 4.74 Å². The monoisotopic (exact) mass is 378 g/mol. The Morgan fingerprint density at radius 3 is 1.96 bits per heavy atom. The van der Waals surface area contributed by atoms with Crippen molar-refractivity contribution in [3.8, 4) is 11.5 Å². The van der Waals surface area contributed by atoms with Crippen LogP contribution >= 0.6 is 0 Å². The molecule has 0 saturated carbocycles. The van der Waals surface area contributed by atoms with Gasteiger partial charge in [0.15, 0.2) is 0 Å². The highest BCUT2D eigenvalue weighted by Crippen LogP contribution is 2.23. The minimum atomic E-state index is -0.588. The quantitative estimate of drug-likeness (QED) is 0.202. The van der Waals surface area contributed by atoms with Gasteiger partial charge < -0.3 is 14.9 Å². The van der Waals surface area contributed by atoms with Crippen molar-refractivity contribution in [1.29, 1.82) is 0 Å². The molecule has 0 amide bonds. The van der Waals surface area contributed by atoms with E-state index in [1.54, 1.807) is 0 Å². The number of ether oxygens (including phenoxy) is 1. The summed E-state index contributed by atoms with van der Waals surface area (Å²) in [4.78, 5) is 12.1. The van der Waals surface area contributed by atoms with E-state index in [4.69, 9.17) is 4.74 Å². The van der Waals surface area contributed by atoms with Crippen LogP contribution in [0.2, 0.25) is 0 Å². The number of unbranched alkanes of at least 4 members (excludes halogenated alkanes) is 11. The normalized spacial score (nSPS) is 12.1. The van der Waals surface area contributed by atoms with Crippen LogP contribution in [0.25, 0.3) is 0 Å². The molecule has 0 aliphatic rings. The molecule has 0 radical (unpaired) electrons. The molecule has 1 unspecified atom stereocenters. The second kappa shape index (κ2) is 14.4. The lowest BCUT2D eigenvalue weighted by atomic mass is 10.0. The summed E-state index contributed by atoms with van der Waals surface area (Å²) in [6.07, 6.45) is 16.3. The number of hydrogen-bond donors (Lipinski definition) is 2. The van der Waals surface area contributed by atoms with Gasteiger partial charge in [-0.25, -0.2) is 4.79 Å². The molecule has 0 aliphatic heterocycles. The van der Waals surface area contributed by atoms with Gasteiger partial charge in [-0.15, -0.1) is 0 Å². The van der Waals surface area contributed by atoms with Gasteiger partial charge in [0.05, 0.1) is 6.10 Å². The van der Waals surface area contributed by atoms with Crippen LogP contribution < -0.4 is 0 Å². The second-order valence-corrected chi connectivity index (χ2v) is 7.60. The SMILES string of the molecule is CCCCCCCCCCCCCCC(C)OC(=O)c1cc(O)ccc1O. The minimum Gasteiger partial charge on any atom is -0.508 e. The Kier molecular flexibility index (Phi) is 12.4. The van der Waals surface area contributed by atoms with Crippen molar-refractivity contribution in [2.75, 3.05) is 0 Å². The Hall–Kier alpha value is -1.71. The number of benzene rings is 1. The maximum Gasteiger partial charge on any atom is 0.342 e. The van der Waals surface area contributed by atoms with Gasteiger partial charge in [-0.05, 0) is 38.0 Å². The molecule has 0 aromatic heterocycles. The highest BCUT2D eigenvalue weighted by atomic mass is 16.5. The standard InChI is InChI=1S/C23H38O4/c1-3-4-5-6-7-8-9-10-11-12-13-14-15-19(2)27-23(26)21-18-20(24)16-17-22(21)25/h16-19,24-25H,3-15H2,1-2H3. The first-order valence-electron chi connectivity index (χ1n) is 10.8. The smallest absolute Gasteiger partial charge is 0.342 e. The van der Waals surface area contributed by atoms with E-state index in [2.05, 4.69) is 6.92 Å². The summed E-state index contributed by atoms with van der Waals surface area (Å²) in [6.45, 7) is 4.13. The zero-order chi connectivity index (χ0) is 19.9. The Morgan fingerprint density at radius 2 is 1.41 bits per heavy atom. The summed E-state index contributed by atoms with van der Waals surface area (Å²) >= 11 is 0. The third kappa shape index (κ3) is 10.9. The first kappa shape index (κ1) is 23.3. The fourth-order valence-electron chi connectivity index (χ4n) is 3.27. The average molecular weight is 379 g/mol. The molecule has 2 N–H and O–H groups in total. The molecule has 0 heterocycles. The molecular weight excluding hydrogens is 340 g/mol. The van der Waals surface area contributed by atoms with E-state index in [-0.39, 0.29) is 23.2 Å². The van der Waals surface area contributed by atoms with E-state index in [9.17, 15) is 15.0 Å². The molecule has 0 aliphatic carbocycles. The predicted molar refractivity (Wildman–Crippen MR) is 110 cm³/mol. The topological polar surface area (TPSA) is 66.8 Å². The van der Waals surface area contributed by atoms with Gasteiger partial charge in [0.2, 0.25) is 0 Å². The number of phenolic OH excluding ortho intramolecular Hbond substituents is 2. The molecule has 154 valence electrons. The molecule has 4 heteroatoms. The van der Waals surface area contributed by atoms with Crippen LogP contribution in [0.5, 0.6) is 11.5 Å². The molecule has 0 bridgehead atoms. The van der Waals surface area contributed by atoms with E-state index in [0.29, 0.717) is 0 Å². The zero-order valence-corrected chi connectivity index (χ0v) is 17.2. The molecule has 0 fully saturated rings. The van der Waals surface area contributed by atoms with Crippen molar-refractivity contribution in [3.63, 3.8) is 0 Å². The number of carbonyl (C=O) groups is 1. The third-order valence-electron chi connectivity index (χ3n) is 4.97. The summed E-state index contributed by atoms with van der Waals surface area (Å²) in [7, 11) is 0. The van der Waals surface area contributed by atoms with Crippen molar-refractivity contribution in [3.05, 3.63) is 23.8 Å². The van der Waals surface area contributed by atoms with Crippen LogP contribution in [0.1, 0.15) is 108 Å². The lowest BCUT2D eigenvalue weighted by molar-refractivity contribution is 0.0316. The molecule has 1 rings (SSSR count). The van der Waals surface area contributed by atoms with Crippen molar-refractivity contribution >= 4 is 5.97 Å². The Morgan fingerprint density at radius 1 is 0.889 bits per heavy atom. The Bertz CT molecular complexity index is 527. The van der Waals surface area contributed by atoms with Crippen LogP contribution in [0.15, 0.2) is 18.2 Å². The zero-order valence-electron chi connectivity index (χ0n) is 17.2. The average Bonchev–Trinajstić information content (AvgIpc) is 2.64. The van der Waals surface area contributed by atoms with Gasteiger partial charge in [0.1, 0.15) is 17.1 Å². The number of hydrogen-bond acceptors (Lipinski definition) is 4. The number of rotatable bonds is 15. The van der Waals surface area contributed by atoms with Crippen LogP contribution in [0, 0.1) is 0 Å². The summed E-state index contributed by atoms with van der Waals surface area (Å²) in [5.41, 5.74) is 0.0107. The number of carbonyl (C=O) groups excluding carboxylic acids is 1. The maximum atomic E-state index is 12.1. The van der Waals surface area contributed by atoms with E-state index in [0.717, 1.165) is 19.3 Å². The maximum absolute atomic E-state index is 12.1. The minimum absolute atomic E-state index is 0.0107. The van der Waals surface area contributed by atoms with Gasteiger partial charge in [-0.2, -0.15) is 0 Å². The number of phenols is 2. The lowest BCUT2D eigenvalue weighted by Gasteiger charge is -2.14. The Balaban J connectivity index is 2.02. The van der Waals surface area contributed by atoms with E-state index >= 15 is 0 Å². The first-order chi connectivity index (χ1) is 13.0. The molecule has 4 nitrogen and oxygen atoms in total. The Labute approximate surface area is 164 Å². The van der Waals surface area contributed by atoms with Crippen molar-refractivity contribution < 1.29 is 19.7 Å².